The standard InChI is InChI=1S/C60H44N2O2/c1-2-9-39(10-3-1)43-21-26-55-51(31-43)56-46(44-18-17-40-11-4-5-12-42(40)30-44)24-25-50(58(56)64-55)53-32-52(49-15-8-14-48-47-13-6-7-16-54(47)63-57(48)49)61-59(62-53)41-19-22-45(23-20-41)60-33-36-27-37(34-60)29-38(28-36)35-60/h1-26,30-32,36-38H,27-29,33-35H2. The zero-order valence-corrected chi connectivity index (χ0v) is 35.4. The SMILES string of the molecule is c1ccc(-c2ccc3oc4c(-c5cc(-c6cccc7c6oc6ccccc67)nc(-c6ccc(C78CC9CC(CC(C9)C7)C8)cc6)n5)ccc(-c5ccc6ccccc6c5)c4c3c2)cc1. The van der Waals surface area contributed by atoms with Crippen molar-refractivity contribution in [3.8, 4) is 56.2 Å². The van der Waals surface area contributed by atoms with Gasteiger partial charge in [-0.05, 0) is 143 Å². The van der Waals surface area contributed by atoms with Crippen LogP contribution in [-0.2, 0) is 5.41 Å². The highest BCUT2D eigenvalue weighted by atomic mass is 16.3. The topological polar surface area (TPSA) is 52.1 Å². The molecule has 0 amide bonds. The van der Waals surface area contributed by atoms with E-state index in [0.717, 1.165) is 106 Å². The number of para-hydroxylation sites is 2. The highest BCUT2D eigenvalue weighted by Crippen LogP contribution is 2.61. The summed E-state index contributed by atoms with van der Waals surface area (Å²) in [7, 11) is 0. The first kappa shape index (κ1) is 36.2. The molecule has 0 saturated heterocycles. The van der Waals surface area contributed by atoms with Gasteiger partial charge in [0.05, 0.1) is 11.4 Å². The van der Waals surface area contributed by atoms with E-state index in [4.69, 9.17) is 18.8 Å². The smallest absolute Gasteiger partial charge is 0.160 e. The summed E-state index contributed by atoms with van der Waals surface area (Å²) < 4.78 is 13.7. The van der Waals surface area contributed by atoms with Gasteiger partial charge in [-0.3, -0.25) is 0 Å². The number of fused-ring (bicyclic) bond motifs is 7. The van der Waals surface area contributed by atoms with E-state index in [-0.39, 0.29) is 0 Å². The summed E-state index contributed by atoms with van der Waals surface area (Å²) in [5, 5.41) is 6.73. The number of hydrogen-bond acceptors (Lipinski definition) is 4. The Bertz CT molecular complexity index is 3620. The number of hydrogen-bond donors (Lipinski definition) is 0. The van der Waals surface area contributed by atoms with Crippen molar-refractivity contribution in [2.45, 2.75) is 43.9 Å². The lowest BCUT2D eigenvalue weighted by molar-refractivity contribution is -0.00518. The number of nitrogens with zero attached hydrogens (tertiary/aromatic N) is 2. The molecule has 0 aliphatic heterocycles. The molecule has 0 unspecified atom stereocenters. The number of furan rings is 2. The second-order valence-electron chi connectivity index (χ2n) is 19.1. The second kappa shape index (κ2) is 13.8. The molecule has 15 rings (SSSR count). The fourth-order valence-corrected chi connectivity index (χ4v) is 12.7. The summed E-state index contributed by atoms with van der Waals surface area (Å²) in [5.74, 6) is 3.36. The van der Waals surface area contributed by atoms with E-state index in [1.807, 2.05) is 12.1 Å². The first-order valence-electron chi connectivity index (χ1n) is 23.0. The molecule has 0 atom stereocenters. The second-order valence-corrected chi connectivity index (χ2v) is 19.1. The van der Waals surface area contributed by atoms with Gasteiger partial charge < -0.3 is 8.83 Å². The molecule has 0 N–H and O–H groups in total. The van der Waals surface area contributed by atoms with E-state index < -0.39 is 0 Å². The lowest BCUT2D eigenvalue weighted by Gasteiger charge is -2.57. The predicted molar refractivity (Wildman–Crippen MR) is 261 cm³/mol. The summed E-state index contributed by atoms with van der Waals surface area (Å²) in [5.41, 5.74) is 14.2. The van der Waals surface area contributed by atoms with Crippen molar-refractivity contribution in [3.63, 3.8) is 0 Å². The number of benzene rings is 8. The molecule has 4 aliphatic rings. The minimum absolute atomic E-state index is 0.318. The van der Waals surface area contributed by atoms with Crippen LogP contribution in [0.2, 0.25) is 0 Å². The fourth-order valence-electron chi connectivity index (χ4n) is 12.7. The van der Waals surface area contributed by atoms with Crippen molar-refractivity contribution in [1.82, 2.24) is 9.97 Å². The molecule has 4 bridgehead atoms. The Balaban J connectivity index is 0.985. The molecule has 4 aliphatic carbocycles. The molecule has 11 aromatic rings. The Morgan fingerprint density at radius 3 is 1.83 bits per heavy atom. The van der Waals surface area contributed by atoms with Crippen LogP contribution in [0.3, 0.4) is 0 Å². The largest absolute Gasteiger partial charge is 0.455 e. The van der Waals surface area contributed by atoms with Gasteiger partial charge in [0.25, 0.3) is 0 Å². The van der Waals surface area contributed by atoms with Crippen LogP contribution in [0.4, 0.5) is 0 Å². The van der Waals surface area contributed by atoms with E-state index in [0.29, 0.717) is 11.2 Å². The third-order valence-electron chi connectivity index (χ3n) is 15.3. The highest BCUT2D eigenvalue weighted by Gasteiger charge is 2.51. The van der Waals surface area contributed by atoms with E-state index in [1.165, 1.54) is 60.4 Å². The summed E-state index contributed by atoms with van der Waals surface area (Å²) in [4.78, 5) is 10.9. The fraction of sp³-hybridized carbons (Fsp3) is 0.167. The Hall–Kier alpha value is -7.30. The molecule has 64 heavy (non-hydrogen) atoms. The van der Waals surface area contributed by atoms with E-state index in [2.05, 4.69) is 164 Å². The normalized spacial score (nSPS) is 20.3. The van der Waals surface area contributed by atoms with Crippen LogP contribution in [0, 0.1) is 17.8 Å². The molecule has 0 spiro atoms. The zero-order chi connectivity index (χ0) is 41.9. The van der Waals surface area contributed by atoms with Crippen molar-refractivity contribution in [3.05, 3.63) is 181 Å². The van der Waals surface area contributed by atoms with Gasteiger partial charge in [0.2, 0.25) is 0 Å². The summed E-state index contributed by atoms with van der Waals surface area (Å²) in [6, 6.07) is 63.1. The van der Waals surface area contributed by atoms with Crippen molar-refractivity contribution in [2.75, 3.05) is 0 Å². The van der Waals surface area contributed by atoms with Crippen LogP contribution in [-0.4, -0.2) is 9.97 Å². The summed E-state index contributed by atoms with van der Waals surface area (Å²) in [6.45, 7) is 0. The molecule has 0 radical (unpaired) electrons. The third-order valence-corrected chi connectivity index (χ3v) is 15.3. The lowest BCUT2D eigenvalue weighted by atomic mass is 9.48. The Morgan fingerprint density at radius 2 is 1.03 bits per heavy atom. The summed E-state index contributed by atoms with van der Waals surface area (Å²) >= 11 is 0. The van der Waals surface area contributed by atoms with Gasteiger partial charge in [-0.1, -0.05) is 133 Å². The van der Waals surface area contributed by atoms with Gasteiger partial charge in [-0.25, -0.2) is 9.97 Å². The molecule has 4 fully saturated rings. The van der Waals surface area contributed by atoms with Gasteiger partial charge in [-0.2, -0.15) is 0 Å². The number of rotatable bonds is 6. The van der Waals surface area contributed by atoms with Crippen LogP contribution in [0.15, 0.2) is 185 Å². The average Bonchev–Trinajstić information content (AvgIpc) is 3.92. The number of aromatic nitrogens is 2. The molecule has 8 aromatic carbocycles. The first-order chi connectivity index (χ1) is 31.6. The van der Waals surface area contributed by atoms with Gasteiger partial charge in [0, 0.05) is 38.2 Å². The Morgan fingerprint density at radius 1 is 0.406 bits per heavy atom. The van der Waals surface area contributed by atoms with Gasteiger partial charge >= 0.3 is 0 Å². The maximum Gasteiger partial charge on any atom is 0.160 e. The maximum atomic E-state index is 7.03. The van der Waals surface area contributed by atoms with Gasteiger partial charge in [-0.15, -0.1) is 0 Å². The Labute approximate surface area is 371 Å². The van der Waals surface area contributed by atoms with Crippen LogP contribution in [0.25, 0.3) is 111 Å². The first-order valence-corrected chi connectivity index (χ1v) is 23.0. The van der Waals surface area contributed by atoms with Crippen molar-refractivity contribution in [1.29, 1.82) is 0 Å². The molecular weight excluding hydrogens is 781 g/mol. The predicted octanol–water partition coefficient (Wildman–Crippen LogP) is 16.2. The lowest BCUT2D eigenvalue weighted by Crippen LogP contribution is -2.48. The van der Waals surface area contributed by atoms with Gasteiger partial charge in [0.1, 0.15) is 22.3 Å². The summed E-state index contributed by atoms with van der Waals surface area (Å²) in [6.07, 6.45) is 8.33. The third kappa shape index (κ3) is 5.68. The van der Waals surface area contributed by atoms with Crippen molar-refractivity contribution >= 4 is 54.6 Å². The van der Waals surface area contributed by atoms with Crippen LogP contribution in [0.5, 0.6) is 0 Å². The minimum Gasteiger partial charge on any atom is -0.455 e. The monoisotopic (exact) mass is 824 g/mol. The average molecular weight is 825 g/mol. The molecule has 3 heterocycles. The molecule has 4 heteroatoms. The molecule has 4 nitrogen and oxygen atoms in total. The van der Waals surface area contributed by atoms with E-state index in [1.54, 1.807) is 0 Å². The van der Waals surface area contributed by atoms with Crippen LogP contribution in [0.1, 0.15) is 44.1 Å². The molecule has 4 saturated carbocycles. The minimum atomic E-state index is 0.318. The maximum absolute atomic E-state index is 7.03. The Kier molecular flexibility index (Phi) is 7.84. The van der Waals surface area contributed by atoms with Crippen molar-refractivity contribution in [2.24, 2.45) is 17.8 Å². The van der Waals surface area contributed by atoms with Gasteiger partial charge in [0.15, 0.2) is 5.82 Å². The molecule has 3 aromatic heterocycles. The van der Waals surface area contributed by atoms with E-state index in [9.17, 15) is 0 Å². The van der Waals surface area contributed by atoms with Crippen molar-refractivity contribution < 1.29 is 8.83 Å². The quantitative estimate of drug-likeness (QED) is 0.168. The molecule has 306 valence electrons. The molecular formula is C60H44N2O2. The van der Waals surface area contributed by atoms with E-state index >= 15 is 0 Å². The highest BCUT2D eigenvalue weighted by molar-refractivity contribution is 6.17. The zero-order valence-electron chi connectivity index (χ0n) is 35.4. The van der Waals surface area contributed by atoms with Crippen LogP contribution >= 0.6 is 0 Å². The van der Waals surface area contributed by atoms with Crippen LogP contribution < -0.4 is 0 Å².